The van der Waals surface area contributed by atoms with Crippen molar-refractivity contribution >= 4 is 35.3 Å². The maximum absolute atomic E-state index is 12.7. The van der Waals surface area contributed by atoms with Gasteiger partial charge in [0.15, 0.2) is 0 Å². The van der Waals surface area contributed by atoms with E-state index in [0.717, 1.165) is 25.2 Å². The first-order valence-electron chi connectivity index (χ1n) is 8.68. The molecule has 0 atom stereocenters. The van der Waals surface area contributed by atoms with Crippen molar-refractivity contribution in [2.75, 3.05) is 22.6 Å². The molecule has 0 bridgehead atoms. The predicted molar refractivity (Wildman–Crippen MR) is 103 cm³/mol. The third-order valence-electron chi connectivity index (χ3n) is 4.65. The van der Waals surface area contributed by atoms with Crippen molar-refractivity contribution in [3.05, 3.63) is 53.5 Å². The van der Waals surface area contributed by atoms with Crippen LogP contribution in [0.5, 0.6) is 0 Å². The van der Waals surface area contributed by atoms with Crippen LogP contribution in [0.25, 0.3) is 0 Å². The molecule has 0 spiro atoms. The van der Waals surface area contributed by atoms with Gasteiger partial charge in [-0.3, -0.25) is 9.69 Å². The average Bonchev–Trinajstić information content (AvgIpc) is 3.23. The number of imidazole rings is 1. The molecule has 0 aliphatic carbocycles. The molecule has 0 fully saturated rings. The van der Waals surface area contributed by atoms with Crippen LogP contribution in [-0.2, 0) is 13.0 Å². The van der Waals surface area contributed by atoms with Crippen molar-refractivity contribution in [2.45, 2.75) is 18.0 Å². The van der Waals surface area contributed by atoms with Crippen LogP contribution in [0.3, 0.4) is 0 Å². The van der Waals surface area contributed by atoms with E-state index >= 15 is 0 Å². The third kappa shape index (κ3) is 3.04. The SMILES string of the molecule is O=C1c2cnc(Nc3ccc4c(c3)CCNC4)nc2SCN1c1ncc[nH]1. The van der Waals surface area contributed by atoms with Gasteiger partial charge >= 0.3 is 0 Å². The second-order valence-corrected chi connectivity index (χ2v) is 7.30. The van der Waals surface area contributed by atoms with Crippen LogP contribution in [0.1, 0.15) is 21.5 Å². The van der Waals surface area contributed by atoms with Gasteiger partial charge < -0.3 is 15.6 Å². The van der Waals surface area contributed by atoms with Gasteiger partial charge in [-0.05, 0) is 36.2 Å². The number of aromatic amines is 1. The number of hydrogen-bond acceptors (Lipinski definition) is 7. The molecule has 3 N–H and O–H groups in total. The summed E-state index contributed by atoms with van der Waals surface area (Å²) in [4.78, 5) is 30.3. The number of aromatic nitrogens is 4. The zero-order chi connectivity index (χ0) is 18.2. The molecule has 0 radical (unpaired) electrons. The van der Waals surface area contributed by atoms with Crippen LogP contribution in [0, 0.1) is 0 Å². The molecule has 2 aliphatic heterocycles. The maximum atomic E-state index is 12.7. The van der Waals surface area contributed by atoms with Crippen molar-refractivity contribution < 1.29 is 4.79 Å². The molecular formula is C18H17N7OS. The molecule has 4 heterocycles. The average molecular weight is 379 g/mol. The minimum atomic E-state index is -0.147. The molecule has 2 aliphatic rings. The number of carbonyl (C=O) groups excluding carboxylic acids is 1. The Bertz CT molecular complexity index is 1000. The van der Waals surface area contributed by atoms with Crippen LogP contribution in [0.4, 0.5) is 17.6 Å². The Kier molecular flexibility index (Phi) is 4.02. The molecule has 2 aromatic heterocycles. The van der Waals surface area contributed by atoms with Gasteiger partial charge in [0.2, 0.25) is 11.9 Å². The normalized spacial score (nSPS) is 16.0. The third-order valence-corrected chi connectivity index (χ3v) is 5.62. The number of anilines is 3. The summed E-state index contributed by atoms with van der Waals surface area (Å²) in [6.07, 6.45) is 5.92. The van der Waals surface area contributed by atoms with Gasteiger partial charge in [-0.25, -0.2) is 15.0 Å². The van der Waals surface area contributed by atoms with E-state index in [1.54, 1.807) is 23.5 Å². The van der Waals surface area contributed by atoms with Crippen molar-refractivity contribution in [2.24, 2.45) is 0 Å². The van der Waals surface area contributed by atoms with Crippen molar-refractivity contribution in [3.63, 3.8) is 0 Å². The van der Waals surface area contributed by atoms with Crippen LogP contribution in [0.2, 0.25) is 0 Å². The fourth-order valence-corrected chi connectivity index (χ4v) is 4.20. The zero-order valence-corrected chi connectivity index (χ0v) is 15.2. The number of thioether (sulfide) groups is 1. The van der Waals surface area contributed by atoms with Crippen LogP contribution in [-0.4, -0.2) is 38.3 Å². The van der Waals surface area contributed by atoms with E-state index in [1.807, 2.05) is 6.07 Å². The van der Waals surface area contributed by atoms with E-state index in [-0.39, 0.29) is 5.91 Å². The second-order valence-electron chi connectivity index (χ2n) is 6.37. The fraction of sp³-hybridized carbons (Fsp3) is 0.222. The lowest BCUT2D eigenvalue weighted by Gasteiger charge is -2.25. The number of hydrogen-bond donors (Lipinski definition) is 3. The fourth-order valence-electron chi connectivity index (χ4n) is 3.26. The van der Waals surface area contributed by atoms with Crippen LogP contribution >= 0.6 is 11.8 Å². The summed E-state index contributed by atoms with van der Waals surface area (Å²) < 4.78 is 0. The molecule has 0 saturated heterocycles. The van der Waals surface area contributed by atoms with E-state index in [1.165, 1.54) is 22.9 Å². The summed E-state index contributed by atoms with van der Waals surface area (Å²) in [7, 11) is 0. The topological polar surface area (TPSA) is 98.8 Å². The highest BCUT2D eigenvalue weighted by Crippen LogP contribution is 2.31. The molecule has 9 heteroatoms. The number of carbonyl (C=O) groups is 1. The number of rotatable bonds is 3. The van der Waals surface area contributed by atoms with Gasteiger partial charge in [0, 0.05) is 30.8 Å². The molecule has 5 rings (SSSR count). The number of nitrogens with zero attached hydrogens (tertiary/aromatic N) is 4. The quantitative estimate of drug-likeness (QED) is 0.601. The minimum Gasteiger partial charge on any atom is -0.331 e. The van der Waals surface area contributed by atoms with E-state index in [2.05, 4.69) is 42.7 Å². The smallest absolute Gasteiger partial charge is 0.265 e. The Morgan fingerprint density at radius 1 is 1.22 bits per heavy atom. The molecule has 136 valence electrons. The first-order chi connectivity index (χ1) is 13.3. The summed E-state index contributed by atoms with van der Waals surface area (Å²) in [5, 5.41) is 7.31. The van der Waals surface area contributed by atoms with E-state index in [0.29, 0.717) is 28.4 Å². The number of amides is 1. The van der Waals surface area contributed by atoms with Crippen molar-refractivity contribution in [1.29, 1.82) is 0 Å². The second kappa shape index (κ2) is 6.67. The Morgan fingerprint density at radius 2 is 2.19 bits per heavy atom. The van der Waals surface area contributed by atoms with Gasteiger partial charge in [0.1, 0.15) is 5.03 Å². The lowest BCUT2D eigenvalue weighted by atomic mass is 10.0. The Labute approximate surface area is 159 Å². The number of nitrogens with one attached hydrogen (secondary N) is 3. The highest BCUT2D eigenvalue weighted by Gasteiger charge is 2.29. The zero-order valence-electron chi connectivity index (χ0n) is 14.4. The van der Waals surface area contributed by atoms with Crippen molar-refractivity contribution in [3.8, 4) is 0 Å². The Morgan fingerprint density at radius 3 is 3.07 bits per heavy atom. The molecule has 1 aromatic carbocycles. The predicted octanol–water partition coefficient (Wildman–Crippen LogP) is 2.30. The van der Waals surface area contributed by atoms with Gasteiger partial charge in [0.25, 0.3) is 5.91 Å². The first-order valence-corrected chi connectivity index (χ1v) is 9.67. The lowest BCUT2D eigenvalue weighted by Crippen LogP contribution is -2.35. The summed E-state index contributed by atoms with van der Waals surface area (Å²) in [5.41, 5.74) is 4.12. The highest BCUT2D eigenvalue weighted by atomic mass is 32.2. The lowest BCUT2D eigenvalue weighted by molar-refractivity contribution is 0.0984. The van der Waals surface area contributed by atoms with E-state index in [4.69, 9.17) is 0 Å². The first kappa shape index (κ1) is 16.3. The number of fused-ring (bicyclic) bond motifs is 2. The number of H-pyrrole nitrogens is 1. The van der Waals surface area contributed by atoms with Crippen LogP contribution < -0.4 is 15.5 Å². The summed E-state index contributed by atoms with van der Waals surface area (Å²) in [6, 6.07) is 6.31. The summed E-state index contributed by atoms with van der Waals surface area (Å²) >= 11 is 1.49. The molecule has 1 amide bonds. The summed E-state index contributed by atoms with van der Waals surface area (Å²) in [5.74, 6) is 1.34. The molecule has 0 saturated carbocycles. The molecule has 8 nitrogen and oxygen atoms in total. The van der Waals surface area contributed by atoms with E-state index < -0.39 is 0 Å². The minimum absolute atomic E-state index is 0.147. The molecule has 3 aromatic rings. The van der Waals surface area contributed by atoms with Crippen molar-refractivity contribution in [1.82, 2.24) is 25.3 Å². The molecule has 0 unspecified atom stereocenters. The Balaban J connectivity index is 1.38. The summed E-state index contributed by atoms with van der Waals surface area (Å²) in [6.45, 7) is 1.91. The monoisotopic (exact) mass is 379 g/mol. The molecule has 27 heavy (non-hydrogen) atoms. The van der Waals surface area contributed by atoms with Crippen LogP contribution in [0.15, 0.2) is 41.8 Å². The molecular weight excluding hydrogens is 362 g/mol. The highest BCUT2D eigenvalue weighted by molar-refractivity contribution is 7.99. The standard InChI is InChI=1S/C18H17N7OS/c26-16-14-9-22-17(23-13-2-1-12-8-19-4-3-11(12)7-13)24-15(14)27-10-25(16)18-20-5-6-21-18/h1-2,5-7,9,19H,3-4,8,10H2,(H,20,21)(H,22,23,24). The van der Waals surface area contributed by atoms with Gasteiger partial charge in [0.05, 0.1) is 11.4 Å². The Hall–Kier alpha value is -2.91. The number of benzene rings is 1. The van der Waals surface area contributed by atoms with Gasteiger partial charge in [-0.2, -0.15) is 0 Å². The van der Waals surface area contributed by atoms with Gasteiger partial charge in [-0.1, -0.05) is 17.8 Å². The van der Waals surface area contributed by atoms with Gasteiger partial charge in [-0.15, -0.1) is 0 Å². The maximum Gasteiger partial charge on any atom is 0.265 e. The largest absolute Gasteiger partial charge is 0.331 e. The van der Waals surface area contributed by atoms with E-state index in [9.17, 15) is 4.79 Å².